The highest BCUT2D eigenvalue weighted by Gasteiger charge is 2.24. The van der Waals surface area contributed by atoms with Crippen LogP contribution < -0.4 is 4.57 Å². The topological polar surface area (TPSA) is 115 Å². The maximum atomic E-state index is 12.3. The number of carbonyl (C=O) groups is 1. The van der Waals surface area contributed by atoms with Gasteiger partial charge in [-0.2, -0.15) is 0 Å². The van der Waals surface area contributed by atoms with E-state index >= 15 is 0 Å². The second kappa shape index (κ2) is 26.3. The molecule has 2 atom stereocenters. The first-order chi connectivity index (χ1) is 19.9. The molecule has 0 amide bonds. The van der Waals surface area contributed by atoms with Crippen molar-refractivity contribution in [2.24, 2.45) is 0 Å². The predicted octanol–water partition coefficient (Wildman–Crippen LogP) is 7.25. The third-order valence-electron chi connectivity index (χ3n) is 6.89. The molecular weight excluding hydrogens is 545 g/mol. The van der Waals surface area contributed by atoms with Crippen LogP contribution in [0.5, 0.6) is 0 Å². The van der Waals surface area contributed by atoms with Gasteiger partial charge >= 0.3 is 13.8 Å². The number of rotatable bonds is 30. The van der Waals surface area contributed by atoms with Gasteiger partial charge in [-0.05, 0) is 19.3 Å². The monoisotopic (exact) mass is 602 g/mol. The van der Waals surface area contributed by atoms with Gasteiger partial charge in [-0.1, -0.05) is 96.5 Å². The maximum absolute atomic E-state index is 12.3. The summed E-state index contributed by atoms with van der Waals surface area (Å²) in [6, 6.07) is 5.62. The molecule has 1 heterocycles. The number of aromatic nitrogens is 1. The van der Waals surface area contributed by atoms with Crippen LogP contribution in [0, 0.1) is 0 Å². The first kappa shape index (κ1) is 37.7. The van der Waals surface area contributed by atoms with E-state index in [2.05, 4.69) is 6.92 Å². The molecule has 1 rings (SSSR count). The summed E-state index contributed by atoms with van der Waals surface area (Å²) >= 11 is 0. The fourth-order valence-electron chi connectivity index (χ4n) is 4.45. The molecule has 0 aromatic carbocycles. The van der Waals surface area contributed by atoms with E-state index in [9.17, 15) is 14.3 Å². The van der Waals surface area contributed by atoms with Crippen LogP contribution >= 0.6 is 7.82 Å². The van der Waals surface area contributed by atoms with Crippen molar-refractivity contribution in [1.82, 2.24) is 0 Å². The fraction of sp³-hybridized carbons (Fsp3) is 0.806. The van der Waals surface area contributed by atoms with Crippen LogP contribution in [0.4, 0.5) is 0 Å². The minimum Gasteiger partial charge on any atom is -0.481 e. The summed E-state index contributed by atoms with van der Waals surface area (Å²) in [5.41, 5.74) is 0. The molecule has 0 spiro atoms. The number of aliphatic carboxylic acids is 1. The lowest BCUT2D eigenvalue weighted by molar-refractivity contribution is -0.697. The number of ether oxygens (including phenoxy) is 2. The molecule has 9 nitrogen and oxygen atoms in total. The second-order valence-electron chi connectivity index (χ2n) is 10.7. The van der Waals surface area contributed by atoms with Crippen LogP contribution in [0.1, 0.15) is 116 Å². The standard InChI is InChI=1S/C31H56NO8P/c1-2-3-4-5-6-7-8-9-10-11-12-13-14-19-25-37-28-30(38-26-20-16-21-31(33)34)29-40-41(35,36)39-27-24-32-22-17-15-18-23-32/h15,17-18,22-23,30H,2-14,16,19-21,24-29H2,1H3,(H-,33,34,35,36)/p+1. The number of unbranched alkanes of at least 4 members (excludes halogenated alkanes) is 14. The SMILES string of the molecule is CCCCCCCCCCCCCCCCOCC(COP(=O)(O)OCC[n+]1ccccc1)OCCCCC(=O)O. The molecule has 10 heteroatoms. The highest BCUT2D eigenvalue weighted by Crippen LogP contribution is 2.43. The van der Waals surface area contributed by atoms with Crippen molar-refractivity contribution in [2.75, 3.05) is 33.0 Å². The van der Waals surface area contributed by atoms with Gasteiger partial charge in [-0.15, -0.1) is 0 Å². The normalized spacial score (nSPS) is 13.7. The summed E-state index contributed by atoms with van der Waals surface area (Å²) in [6.45, 7) is 3.71. The van der Waals surface area contributed by atoms with Gasteiger partial charge in [0.25, 0.3) is 0 Å². The van der Waals surface area contributed by atoms with Gasteiger partial charge in [-0.3, -0.25) is 13.8 Å². The van der Waals surface area contributed by atoms with Crippen molar-refractivity contribution in [2.45, 2.75) is 129 Å². The average molecular weight is 603 g/mol. The van der Waals surface area contributed by atoms with Gasteiger partial charge in [0.05, 0.1) is 13.2 Å². The van der Waals surface area contributed by atoms with E-state index in [-0.39, 0.29) is 26.2 Å². The summed E-state index contributed by atoms with van der Waals surface area (Å²) < 4.78 is 36.0. The summed E-state index contributed by atoms with van der Waals surface area (Å²) in [5.74, 6) is -0.839. The molecule has 0 saturated carbocycles. The Hall–Kier alpha value is -1.35. The van der Waals surface area contributed by atoms with Crippen molar-refractivity contribution in [3.8, 4) is 0 Å². The largest absolute Gasteiger partial charge is 0.481 e. The van der Waals surface area contributed by atoms with Crippen LogP contribution in [0.25, 0.3) is 0 Å². The Morgan fingerprint density at radius 2 is 1.29 bits per heavy atom. The lowest BCUT2D eigenvalue weighted by atomic mass is 10.0. The molecule has 0 saturated heterocycles. The molecule has 2 unspecified atom stereocenters. The van der Waals surface area contributed by atoms with Gasteiger partial charge in [-0.25, -0.2) is 9.13 Å². The molecule has 1 aromatic heterocycles. The third kappa shape index (κ3) is 24.9. The highest BCUT2D eigenvalue weighted by atomic mass is 31.2. The lowest BCUT2D eigenvalue weighted by Gasteiger charge is -2.20. The Morgan fingerprint density at radius 1 is 0.732 bits per heavy atom. The third-order valence-corrected chi connectivity index (χ3v) is 7.87. The fourth-order valence-corrected chi connectivity index (χ4v) is 5.19. The van der Waals surface area contributed by atoms with Crippen molar-refractivity contribution in [3.63, 3.8) is 0 Å². The van der Waals surface area contributed by atoms with Crippen molar-refractivity contribution < 1.29 is 42.4 Å². The van der Waals surface area contributed by atoms with Crippen LogP contribution in [-0.4, -0.2) is 55.1 Å². The number of carboxylic acids is 1. The second-order valence-corrected chi connectivity index (χ2v) is 12.2. The maximum Gasteiger partial charge on any atom is 0.472 e. The number of phosphoric ester groups is 1. The van der Waals surface area contributed by atoms with E-state index in [4.69, 9.17) is 23.6 Å². The first-order valence-electron chi connectivity index (χ1n) is 15.9. The summed E-state index contributed by atoms with van der Waals surface area (Å²) in [4.78, 5) is 20.8. The number of nitrogens with zero attached hydrogens (tertiary/aromatic N) is 1. The Balaban J connectivity index is 2.17. The number of hydrogen-bond donors (Lipinski definition) is 2. The first-order valence-corrected chi connectivity index (χ1v) is 17.4. The summed E-state index contributed by atoms with van der Waals surface area (Å²) in [6.07, 6.45) is 22.5. The highest BCUT2D eigenvalue weighted by molar-refractivity contribution is 7.47. The van der Waals surface area contributed by atoms with Gasteiger partial charge < -0.3 is 19.5 Å². The molecule has 0 bridgehead atoms. The lowest BCUT2D eigenvalue weighted by Crippen LogP contribution is -2.34. The van der Waals surface area contributed by atoms with Crippen molar-refractivity contribution in [1.29, 1.82) is 0 Å². The number of hydrogen-bond acceptors (Lipinski definition) is 6. The van der Waals surface area contributed by atoms with Crippen molar-refractivity contribution >= 4 is 13.8 Å². The minimum atomic E-state index is -4.24. The number of pyridine rings is 1. The van der Waals surface area contributed by atoms with E-state index in [0.29, 0.717) is 32.6 Å². The Kier molecular flexibility index (Phi) is 24.2. The smallest absolute Gasteiger partial charge is 0.472 e. The van der Waals surface area contributed by atoms with E-state index in [1.54, 1.807) is 0 Å². The molecule has 2 N–H and O–H groups in total. The molecule has 0 aliphatic carbocycles. The molecule has 0 aliphatic heterocycles. The van der Waals surface area contributed by atoms with Crippen LogP contribution in [0.15, 0.2) is 30.6 Å². The van der Waals surface area contributed by atoms with Gasteiger partial charge in [0.15, 0.2) is 18.9 Å². The molecular formula is C31H57NO8P+. The van der Waals surface area contributed by atoms with Gasteiger partial charge in [0.1, 0.15) is 12.7 Å². The average Bonchev–Trinajstić information content (AvgIpc) is 2.95. The summed E-state index contributed by atoms with van der Waals surface area (Å²) in [7, 11) is -4.24. The van der Waals surface area contributed by atoms with E-state index in [1.807, 2.05) is 35.2 Å². The Bertz CT molecular complexity index is 783. The summed E-state index contributed by atoms with van der Waals surface area (Å²) in [5, 5.41) is 8.79. The predicted molar refractivity (Wildman–Crippen MR) is 161 cm³/mol. The number of carboxylic acid groups (broad SMARTS) is 1. The van der Waals surface area contributed by atoms with E-state index < -0.39 is 19.9 Å². The molecule has 1 aromatic rings. The number of phosphoric acid groups is 1. The molecule has 0 fully saturated rings. The Morgan fingerprint density at radius 3 is 1.88 bits per heavy atom. The molecule has 0 aliphatic rings. The quantitative estimate of drug-likeness (QED) is 0.0538. The zero-order chi connectivity index (χ0) is 29.9. The van der Waals surface area contributed by atoms with Crippen LogP contribution in [0.2, 0.25) is 0 Å². The van der Waals surface area contributed by atoms with Crippen LogP contribution in [0.3, 0.4) is 0 Å². The Labute approximate surface area is 248 Å². The van der Waals surface area contributed by atoms with Crippen molar-refractivity contribution in [3.05, 3.63) is 30.6 Å². The van der Waals surface area contributed by atoms with E-state index in [0.717, 1.165) is 12.8 Å². The van der Waals surface area contributed by atoms with Crippen LogP contribution in [-0.2, 0) is 34.4 Å². The van der Waals surface area contributed by atoms with Gasteiger partial charge in [0.2, 0.25) is 0 Å². The zero-order valence-corrected chi connectivity index (χ0v) is 26.4. The van der Waals surface area contributed by atoms with Gasteiger partial charge in [0, 0.05) is 31.8 Å². The minimum absolute atomic E-state index is 0.0266. The molecule has 238 valence electrons. The zero-order valence-electron chi connectivity index (χ0n) is 25.5. The molecule has 0 radical (unpaired) electrons. The molecule has 41 heavy (non-hydrogen) atoms. The van der Waals surface area contributed by atoms with E-state index in [1.165, 1.54) is 77.0 Å².